The molecule has 0 saturated carbocycles. The highest BCUT2D eigenvalue weighted by molar-refractivity contribution is 5.73. The van der Waals surface area contributed by atoms with Crippen LogP contribution in [0.3, 0.4) is 0 Å². The lowest BCUT2D eigenvalue weighted by atomic mass is 10.3. The maximum atomic E-state index is 12.4. The van der Waals surface area contributed by atoms with Gasteiger partial charge >= 0.3 is 18.3 Å². The number of aliphatic carboxylic acids is 1. The van der Waals surface area contributed by atoms with Crippen LogP contribution >= 0.6 is 0 Å². The first-order valence-corrected chi connectivity index (χ1v) is 5.09. The number of carboxylic acids is 1. The summed E-state index contributed by atoms with van der Waals surface area (Å²) in [5, 5.41) is 8.23. The van der Waals surface area contributed by atoms with Gasteiger partial charge in [0.05, 0.1) is 6.61 Å². The summed E-state index contributed by atoms with van der Waals surface area (Å²) in [7, 11) is 0. The number of ether oxygens (including phenoxy) is 2. The van der Waals surface area contributed by atoms with Crippen molar-refractivity contribution < 1.29 is 45.7 Å². The third-order valence-corrected chi connectivity index (χ3v) is 1.82. The fraction of sp³-hybridized carbons (Fsp3) is 0.889. The Morgan fingerprint density at radius 3 is 1.95 bits per heavy atom. The second-order valence-corrected chi connectivity index (χ2v) is 3.49. The van der Waals surface area contributed by atoms with Gasteiger partial charge in [0, 0.05) is 6.61 Å². The molecular formula is C9H12F6O4. The highest BCUT2D eigenvalue weighted by Gasteiger charge is 2.49. The third-order valence-electron chi connectivity index (χ3n) is 1.82. The molecule has 0 aromatic heterocycles. The van der Waals surface area contributed by atoms with Gasteiger partial charge in [-0.3, -0.25) is 0 Å². The van der Waals surface area contributed by atoms with E-state index in [1.807, 2.05) is 0 Å². The molecule has 0 fully saturated rings. The molecule has 0 rings (SSSR count). The molecule has 0 bridgehead atoms. The third kappa shape index (κ3) is 6.62. The number of hydrogen-bond donors (Lipinski definition) is 1. The number of carbonyl (C=O) groups is 1. The zero-order valence-electron chi connectivity index (χ0n) is 9.72. The first-order valence-electron chi connectivity index (χ1n) is 5.09. The van der Waals surface area contributed by atoms with Gasteiger partial charge in [0.25, 0.3) is 6.10 Å². The van der Waals surface area contributed by atoms with Gasteiger partial charge in [-0.25, -0.2) is 4.79 Å². The van der Waals surface area contributed by atoms with Gasteiger partial charge in [-0.2, -0.15) is 26.3 Å². The van der Waals surface area contributed by atoms with Crippen molar-refractivity contribution in [2.24, 2.45) is 0 Å². The number of hydrogen-bond acceptors (Lipinski definition) is 3. The Bertz CT molecular complexity index is 287. The van der Waals surface area contributed by atoms with Crippen LogP contribution in [0.2, 0.25) is 0 Å². The number of carboxylic acid groups (broad SMARTS) is 1. The zero-order valence-corrected chi connectivity index (χ0v) is 9.72. The van der Waals surface area contributed by atoms with Crippen LogP contribution in [0.15, 0.2) is 0 Å². The second-order valence-electron chi connectivity index (χ2n) is 3.49. The molecule has 0 heterocycles. The Labute approximate surface area is 104 Å². The van der Waals surface area contributed by atoms with Crippen molar-refractivity contribution in [1.82, 2.24) is 0 Å². The van der Waals surface area contributed by atoms with E-state index in [1.165, 1.54) is 6.92 Å². The van der Waals surface area contributed by atoms with E-state index in [4.69, 9.17) is 5.11 Å². The summed E-state index contributed by atoms with van der Waals surface area (Å²) in [4.78, 5) is 10.3. The quantitative estimate of drug-likeness (QED) is 0.733. The normalized spacial score (nSPS) is 16.2. The molecule has 0 radical (unpaired) electrons. The smallest absolute Gasteiger partial charge is 0.425 e. The molecule has 0 aromatic rings. The summed E-state index contributed by atoms with van der Waals surface area (Å²) in [6, 6.07) is 0. The number of rotatable bonds is 7. The molecule has 0 aromatic carbocycles. The second kappa shape index (κ2) is 6.94. The summed E-state index contributed by atoms with van der Waals surface area (Å²) in [6.07, 6.45) is -15.9. The fourth-order valence-electron chi connectivity index (χ4n) is 0.987. The highest BCUT2D eigenvalue weighted by Crippen LogP contribution is 2.27. The van der Waals surface area contributed by atoms with Crippen molar-refractivity contribution in [2.75, 3.05) is 13.2 Å². The monoisotopic (exact) mass is 298 g/mol. The molecule has 19 heavy (non-hydrogen) atoms. The van der Waals surface area contributed by atoms with Crippen molar-refractivity contribution in [3.63, 3.8) is 0 Å². The van der Waals surface area contributed by atoms with Crippen molar-refractivity contribution in [2.45, 2.75) is 37.9 Å². The van der Waals surface area contributed by atoms with Crippen LogP contribution in [0.25, 0.3) is 0 Å². The standard InChI is InChI=1S/C9H12F6O4/c1-2-3-18-5(8(10,11)12)4-19-6(7(16)17)9(13,14)15/h5-6H,2-4H2,1H3,(H,16,17). The maximum Gasteiger partial charge on any atom is 0.425 e. The Morgan fingerprint density at radius 2 is 1.63 bits per heavy atom. The van der Waals surface area contributed by atoms with Gasteiger partial charge in [0.1, 0.15) is 0 Å². The van der Waals surface area contributed by atoms with Gasteiger partial charge in [0.15, 0.2) is 6.10 Å². The zero-order chi connectivity index (χ0) is 15.3. The molecule has 0 aliphatic rings. The summed E-state index contributed by atoms with van der Waals surface area (Å²) in [6.45, 7) is -0.374. The molecule has 0 aliphatic carbocycles. The predicted octanol–water partition coefficient (Wildman–Crippen LogP) is 2.38. The van der Waals surface area contributed by atoms with E-state index in [0.29, 0.717) is 0 Å². The van der Waals surface area contributed by atoms with Crippen molar-refractivity contribution in [1.29, 1.82) is 0 Å². The van der Waals surface area contributed by atoms with E-state index in [0.717, 1.165) is 0 Å². The topological polar surface area (TPSA) is 55.8 Å². The highest BCUT2D eigenvalue weighted by atomic mass is 19.4. The predicted molar refractivity (Wildman–Crippen MR) is 49.5 cm³/mol. The van der Waals surface area contributed by atoms with E-state index in [-0.39, 0.29) is 13.0 Å². The minimum atomic E-state index is -5.30. The molecule has 0 spiro atoms. The summed E-state index contributed by atoms with van der Waals surface area (Å²) in [5.74, 6) is -2.41. The van der Waals surface area contributed by atoms with Crippen LogP contribution in [0, 0.1) is 0 Å². The molecule has 10 heteroatoms. The number of alkyl halides is 6. The lowest BCUT2D eigenvalue weighted by molar-refractivity contribution is -0.263. The Kier molecular flexibility index (Phi) is 6.57. The Morgan fingerprint density at radius 1 is 1.11 bits per heavy atom. The molecule has 114 valence electrons. The van der Waals surface area contributed by atoms with Crippen LogP contribution in [0.4, 0.5) is 26.3 Å². The van der Waals surface area contributed by atoms with Crippen molar-refractivity contribution in [3.8, 4) is 0 Å². The molecule has 2 unspecified atom stereocenters. The van der Waals surface area contributed by atoms with Gasteiger partial charge < -0.3 is 14.6 Å². The van der Waals surface area contributed by atoms with Crippen LogP contribution in [-0.2, 0) is 14.3 Å². The Hall–Kier alpha value is -1.03. The van der Waals surface area contributed by atoms with Crippen LogP contribution in [0.5, 0.6) is 0 Å². The van der Waals surface area contributed by atoms with Gasteiger partial charge in [-0.15, -0.1) is 0 Å². The van der Waals surface area contributed by atoms with Crippen LogP contribution < -0.4 is 0 Å². The molecule has 0 amide bonds. The van der Waals surface area contributed by atoms with Gasteiger partial charge in [0.2, 0.25) is 0 Å². The largest absolute Gasteiger partial charge is 0.479 e. The fourth-order valence-corrected chi connectivity index (χ4v) is 0.987. The van der Waals surface area contributed by atoms with Crippen molar-refractivity contribution in [3.05, 3.63) is 0 Å². The molecule has 0 saturated heterocycles. The summed E-state index contributed by atoms with van der Waals surface area (Å²) < 4.78 is 81.6. The summed E-state index contributed by atoms with van der Waals surface area (Å²) >= 11 is 0. The lowest BCUT2D eigenvalue weighted by Crippen LogP contribution is -2.44. The van der Waals surface area contributed by atoms with Gasteiger partial charge in [-0.05, 0) is 6.42 Å². The minimum absolute atomic E-state index is 0.216. The lowest BCUT2D eigenvalue weighted by Gasteiger charge is -2.23. The Balaban J connectivity index is 4.64. The van der Waals surface area contributed by atoms with Crippen LogP contribution in [0.1, 0.15) is 13.3 Å². The average molecular weight is 298 g/mol. The minimum Gasteiger partial charge on any atom is -0.479 e. The molecular weight excluding hydrogens is 286 g/mol. The van der Waals surface area contributed by atoms with Crippen molar-refractivity contribution >= 4 is 5.97 Å². The molecule has 1 N–H and O–H groups in total. The first-order chi connectivity index (χ1) is 8.50. The van der Waals surface area contributed by atoms with E-state index in [2.05, 4.69) is 9.47 Å². The van der Waals surface area contributed by atoms with E-state index in [1.54, 1.807) is 0 Å². The molecule has 2 atom stereocenters. The average Bonchev–Trinajstić information content (AvgIpc) is 2.18. The summed E-state index contributed by atoms with van der Waals surface area (Å²) in [5.41, 5.74) is 0. The first kappa shape index (κ1) is 18.0. The molecule has 0 aliphatic heterocycles. The molecule has 4 nitrogen and oxygen atoms in total. The van der Waals surface area contributed by atoms with E-state index >= 15 is 0 Å². The van der Waals surface area contributed by atoms with E-state index in [9.17, 15) is 31.1 Å². The van der Waals surface area contributed by atoms with Crippen LogP contribution in [-0.4, -0.2) is 48.9 Å². The number of halogens is 6. The maximum absolute atomic E-state index is 12.4. The van der Waals surface area contributed by atoms with E-state index < -0.39 is 37.1 Å². The van der Waals surface area contributed by atoms with Gasteiger partial charge in [-0.1, -0.05) is 6.92 Å². The SMILES string of the molecule is CCCOC(COC(C(=O)O)C(F)(F)F)C(F)(F)F.